The normalized spacial score (nSPS) is 10.4. The number of rotatable bonds is 5. The second-order valence-electron chi connectivity index (χ2n) is 4.11. The van der Waals surface area contributed by atoms with Gasteiger partial charge < -0.3 is 14.0 Å². The quantitative estimate of drug-likeness (QED) is 0.769. The summed E-state index contributed by atoms with van der Waals surface area (Å²) < 4.78 is 12.0. The first-order chi connectivity index (χ1) is 8.99. The zero-order chi connectivity index (χ0) is 14.6. The Balaban J connectivity index is 3.41. The van der Waals surface area contributed by atoms with Crippen LogP contribution in [0.1, 0.15) is 52.9 Å². The molecule has 19 heavy (non-hydrogen) atoms. The van der Waals surface area contributed by atoms with Crippen molar-refractivity contribution >= 4 is 11.9 Å². The molecule has 1 aromatic rings. The first-order valence-corrected chi connectivity index (χ1v) is 6.53. The summed E-state index contributed by atoms with van der Waals surface area (Å²) in [5.74, 6) is -0.947. The predicted octanol–water partition coefficient (Wildman–Crippen LogP) is 2.48. The fourth-order valence-corrected chi connectivity index (χ4v) is 2.26. The molecule has 0 spiro atoms. The molecule has 0 aliphatic carbocycles. The van der Waals surface area contributed by atoms with E-state index in [0.717, 1.165) is 11.4 Å². The van der Waals surface area contributed by atoms with E-state index in [1.807, 2.05) is 25.3 Å². The monoisotopic (exact) mass is 267 g/mol. The van der Waals surface area contributed by atoms with Crippen molar-refractivity contribution in [3.8, 4) is 0 Å². The maximum Gasteiger partial charge on any atom is 0.340 e. The summed E-state index contributed by atoms with van der Waals surface area (Å²) in [4.78, 5) is 24.1. The highest BCUT2D eigenvalue weighted by molar-refractivity contribution is 6.05. The van der Waals surface area contributed by atoms with Gasteiger partial charge in [0.15, 0.2) is 0 Å². The summed E-state index contributed by atoms with van der Waals surface area (Å²) in [5.41, 5.74) is 2.11. The van der Waals surface area contributed by atoms with E-state index in [1.165, 1.54) is 0 Å². The van der Waals surface area contributed by atoms with Crippen LogP contribution in [0.3, 0.4) is 0 Å². The second kappa shape index (κ2) is 6.41. The van der Waals surface area contributed by atoms with Crippen molar-refractivity contribution in [2.45, 2.75) is 41.2 Å². The molecule has 1 rings (SSSR count). The van der Waals surface area contributed by atoms with Gasteiger partial charge in [0.1, 0.15) is 0 Å². The van der Waals surface area contributed by atoms with Crippen LogP contribution >= 0.6 is 0 Å². The summed E-state index contributed by atoms with van der Waals surface area (Å²) in [6.07, 6.45) is 0. The molecule has 0 fully saturated rings. The molecule has 5 nitrogen and oxygen atoms in total. The van der Waals surface area contributed by atoms with Crippen molar-refractivity contribution in [1.82, 2.24) is 4.57 Å². The Morgan fingerprint density at radius 2 is 1.26 bits per heavy atom. The van der Waals surface area contributed by atoms with E-state index in [-0.39, 0.29) is 13.2 Å². The molecule has 0 amide bonds. The first-order valence-electron chi connectivity index (χ1n) is 6.53. The number of esters is 2. The minimum Gasteiger partial charge on any atom is -0.462 e. The van der Waals surface area contributed by atoms with Gasteiger partial charge in [-0.05, 0) is 34.6 Å². The standard InChI is InChI=1S/C14H21NO4/c1-6-15-9(4)11(13(16)18-7-2)12(10(15)5)14(17)19-8-3/h6-8H2,1-5H3. The fraction of sp³-hybridized carbons (Fsp3) is 0.571. The molecule has 0 unspecified atom stereocenters. The van der Waals surface area contributed by atoms with E-state index in [4.69, 9.17) is 9.47 Å². The number of nitrogens with zero attached hydrogens (tertiary/aromatic N) is 1. The number of hydrogen-bond acceptors (Lipinski definition) is 4. The van der Waals surface area contributed by atoms with Crippen LogP contribution in [-0.2, 0) is 16.0 Å². The third-order valence-electron chi connectivity index (χ3n) is 3.06. The summed E-state index contributed by atoms with van der Waals surface area (Å²) in [7, 11) is 0. The molecule has 0 radical (unpaired) electrons. The van der Waals surface area contributed by atoms with Crippen LogP contribution in [0, 0.1) is 13.8 Å². The predicted molar refractivity (Wildman–Crippen MR) is 71.5 cm³/mol. The van der Waals surface area contributed by atoms with E-state index in [9.17, 15) is 9.59 Å². The van der Waals surface area contributed by atoms with E-state index >= 15 is 0 Å². The SMILES string of the molecule is CCOC(=O)c1c(C(=O)OCC)c(C)n(CC)c1C. The highest BCUT2D eigenvalue weighted by Gasteiger charge is 2.28. The molecule has 106 valence electrons. The van der Waals surface area contributed by atoms with Crippen molar-refractivity contribution in [2.75, 3.05) is 13.2 Å². The fourth-order valence-electron chi connectivity index (χ4n) is 2.26. The van der Waals surface area contributed by atoms with Gasteiger partial charge in [-0.15, -0.1) is 0 Å². The average Bonchev–Trinajstić information content (AvgIpc) is 2.61. The third kappa shape index (κ3) is 2.80. The van der Waals surface area contributed by atoms with Gasteiger partial charge in [0, 0.05) is 17.9 Å². The van der Waals surface area contributed by atoms with Gasteiger partial charge in [0.05, 0.1) is 24.3 Å². The van der Waals surface area contributed by atoms with Gasteiger partial charge in [-0.3, -0.25) is 0 Å². The van der Waals surface area contributed by atoms with E-state index < -0.39 is 11.9 Å². The molecule has 5 heteroatoms. The van der Waals surface area contributed by atoms with Gasteiger partial charge in [-0.2, -0.15) is 0 Å². The van der Waals surface area contributed by atoms with Crippen molar-refractivity contribution in [3.63, 3.8) is 0 Å². The number of carbonyl (C=O) groups excluding carboxylic acids is 2. The lowest BCUT2D eigenvalue weighted by Gasteiger charge is -2.05. The molecule has 1 heterocycles. The Morgan fingerprint density at radius 1 is 0.895 bits per heavy atom. The largest absolute Gasteiger partial charge is 0.462 e. The van der Waals surface area contributed by atoms with Crippen molar-refractivity contribution in [3.05, 3.63) is 22.5 Å². The molecule has 0 aliphatic rings. The van der Waals surface area contributed by atoms with Crippen LogP contribution in [0.5, 0.6) is 0 Å². The number of ether oxygens (including phenoxy) is 2. The summed E-state index contributed by atoms with van der Waals surface area (Å²) >= 11 is 0. The first kappa shape index (κ1) is 15.3. The molecule has 0 N–H and O–H groups in total. The lowest BCUT2D eigenvalue weighted by Crippen LogP contribution is -2.13. The highest BCUT2D eigenvalue weighted by Crippen LogP contribution is 2.24. The van der Waals surface area contributed by atoms with E-state index in [1.54, 1.807) is 13.8 Å². The van der Waals surface area contributed by atoms with Crippen LogP contribution in [0.2, 0.25) is 0 Å². The average molecular weight is 267 g/mol. The zero-order valence-corrected chi connectivity index (χ0v) is 12.2. The Kier molecular flexibility index (Phi) is 5.15. The van der Waals surface area contributed by atoms with Crippen LogP contribution in [0.25, 0.3) is 0 Å². The molecular formula is C14H21NO4. The Bertz CT molecular complexity index is 447. The molecule has 0 saturated heterocycles. The lowest BCUT2D eigenvalue weighted by atomic mass is 10.1. The van der Waals surface area contributed by atoms with Crippen molar-refractivity contribution < 1.29 is 19.1 Å². The van der Waals surface area contributed by atoms with Crippen LogP contribution in [0.15, 0.2) is 0 Å². The molecule has 0 aliphatic heterocycles. The topological polar surface area (TPSA) is 57.5 Å². The molecule has 0 aromatic carbocycles. The van der Waals surface area contributed by atoms with Crippen molar-refractivity contribution in [1.29, 1.82) is 0 Å². The summed E-state index contributed by atoms with van der Waals surface area (Å²) in [6.45, 7) is 10.3. The van der Waals surface area contributed by atoms with Gasteiger partial charge in [0.2, 0.25) is 0 Å². The highest BCUT2D eigenvalue weighted by atomic mass is 16.5. The van der Waals surface area contributed by atoms with Gasteiger partial charge >= 0.3 is 11.9 Å². The summed E-state index contributed by atoms with van der Waals surface area (Å²) in [6, 6.07) is 0. The maximum atomic E-state index is 12.0. The van der Waals surface area contributed by atoms with E-state index in [2.05, 4.69) is 0 Å². The smallest absolute Gasteiger partial charge is 0.340 e. The van der Waals surface area contributed by atoms with Crippen molar-refractivity contribution in [2.24, 2.45) is 0 Å². The zero-order valence-electron chi connectivity index (χ0n) is 12.2. The number of hydrogen-bond donors (Lipinski definition) is 0. The van der Waals surface area contributed by atoms with Crippen LogP contribution in [-0.4, -0.2) is 29.7 Å². The number of aromatic nitrogens is 1. The van der Waals surface area contributed by atoms with E-state index in [0.29, 0.717) is 17.7 Å². The second-order valence-corrected chi connectivity index (χ2v) is 4.11. The van der Waals surface area contributed by atoms with Gasteiger partial charge in [0.25, 0.3) is 0 Å². The minimum atomic E-state index is -0.474. The molecule has 0 saturated carbocycles. The summed E-state index contributed by atoms with van der Waals surface area (Å²) in [5, 5.41) is 0. The lowest BCUT2D eigenvalue weighted by molar-refractivity contribution is 0.0479. The minimum absolute atomic E-state index is 0.275. The number of carbonyl (C=O) groups is 2. The Morgan fingerprint density at radius 3 is 1.53 bits per heavy atom. The molecule has 0 bridgehead atoms. The van der Waals surface area contributed by atoms with Crippen LogP contribution < -0.4 is 0 Å². The molecular weight excluding hydrogens is 246 g/mol. The maximum absolute atomic E-state index is 12.0. The van der Waals surface area contributed by atoms with Gasteiger partial charge in [-0.1, -0.05) is 0 Å². The molecule has 1 aromatic heterocycles. The van der Waals surface area contributed by atoms with Gasteiger partial charge in [-0.25, -0.2) is 9.59 Å². The third-order valence-corrected chi connectivity index (χ3v) is 3.06. The van der Waals surface area contributed by atoms with Crippen LogP contribution in [0.4, 0.5) is 0 Å². The Labute approximate surface area is 113 Å². The molecule has 0 atom stereocenters. The Hall–Kier alpha value is -1.78.